The number of aliphatic carboxylic acids is 1. The van der Waals surface area contributed by atoms with Crippen LogP contribution in [-0.4, -0.2) is 41.1 Å². The van der Waals surface area contributed by atoms with Crippen LogP contribution in [-0.2, 0) is 20.9 Å². The lowest BCUT2D eigenvalue weighted by atomic mass is 9.98. The molecule has 2 N–H and O–H groups in total. The molecule has 40 heavy (non-hydrogen) atoms. The van der Waals surface area contributed by atoms with Gasteiger partial charge >= 0.3 is 12.1 Å². The van der Waals surface area contributed by atoms with Gasteiger partial charge in [-0.15, -0.1) is 0 Å². The van der Waals surface area contributed by atoms with Crippen LogP contribution in [0.4, 0.5) is 4.79 Å². The Morgan fingerprint density at radius 3 is 1.93 bits per heavy atom. The Morgan fingerprint density at radius 1 is 0.775 bits per heavy atom. The van der Waals surface area contributed by atoms with Crippen molar-refractivity contribution in [3.05, 3.63) is 131 Å². The summed E-state index contributed by atoms with van der Waals surface area (Å²) in [4.78, 5) is 39.8. The number of nitrogens with zero attached hydrogens (tertiary/aromatic N) is 1. The second-order valence-electron chi connectivity index (χ2n) is 9.70. The number of fused-ring (bicyclic) bond motifs is 3. The van der Waals surface area contributed by atoms with Gasteiger partial charge in [0.1, 0.15) is 12.6 Å². The van der Waals surface area contributed by atoms with Crippen LogP contribution >= 0.6 is 0 Å². The summed E-state index contributed by atoms with van der Waals surface area (Å²) in [5.41, 5.74) is 5.87. The lowest BCUT2D eigenvalue weighted by Crippen LogP contribution is -2.43. The first kappa shape index (κ1) is 26.7. The third-order valence-corrected chi connectivity index (χ3v) is 7.11. The molecule has 1 aliphatic carbocycles. The second-order valence-corrected chi connectivity index (χ2v) is 9.70. The van der Waals surface area contributed by atoms with E-state index >= 15 is 0 Å². The lowest BCUT2D eigenvalue weighted by Gasteiger charge is -2.28. The van der Waals surface area contributed by atoms with Gasteiger partial charge in [-0.3, -0.25) is 9.59 Å². The van der Waals surface area contributed by atoms with E-state index in [4.69, 9.17) is 4.74 Å². The zero-order valence-electron chi connectivity index (χ0n) is 21.9. The van der Waals surface area contributed by atoms with Gasteiger partial charge in [0.2, 0.25) is 5.91 Å². The number of carbonyl (C=O) groups is 3. The minimum Gasteiger partial charge on any atom is -0.481 e. The predicted octanol–water partition coefficient (Wildman–Crippen LogP) is 5.77. The smallest absolute Gasteiger partial charge is 0.408 e. The Bertz CT molecular complexity index is 1440. The first-order chi connectivity index (χ1) is 19.5. The van der Waals surface area contributed by atoms with Gasteiger partial charge in [0.05, 0.1) is 6.42 Å². The summed E-state index contributed by atoms with van der Waals surface area (Å²) >= 11 is 0. The fraction of sp³-hybridized carbons (Fsp3) is 0.182. The van der Waals surface area contributed by atoms with Crippen molar-refractivity contribution in [2.24, 2.45) is 0 Å². The SMILES string of the molecule is O=C(O)CCN(Cc1ccccc1)C(=O)[C@@H](NC(=O)OCC1c2ccccc2-c2ccccc21)c1ccccc1. The number of ether oxygens (including phenoxy) is 1. The third kappa shape index (κ3) is 6.04. The molecule has 0 saturated heterocycles. The van der Waals surface area contributed by atoms with Crippen molar-refractivity contribution in [3.8, 4) is 11.1 Å². The highest BCUT2D eigenvalue weighted by Crippen LogP contribution is 2.44. The number of alkyl carbamates (subject to hydrolysis) is 1. The van der Waals surface area contributed by atoms with E-state index in [1.54, 1.807) is 24.3 Å². The van der Waals surface area contributed by atoms with Gasteiger partial charge in [-0.25, -0.2) is 4.79 Å². The summed E-state index contributed by atoms with van der Waals surface area (Å²) in [6, 6.07) is 33.3. The number of rotatable bonds is 10. The molecule has 7 nitrogen and oxygen atoms in total. The Kier molecular flexibility index (Phi) is 8.21. The Hall–Kier alpha value is -4.91. The standard InChI is InChI=1S/C33H30N2O5/c36-30(37)19-20-35(21-23-11-3-1-4-12-23)32(38)31(24-13-5-2-6-14-24)34-33(39)40-22-29-27-17-9-7-15-25(27)26-16-8-10-18-28(26)29/h1-18,29,31H,19-22H2,(H,34,39)(H,36,37)/t31-/m0/s1. The minimum atomic E-state index is -1.05. The van der Waals surface area contributed by atoms with Crippen molar-refractivity contribution in [2.75, 3.05) is 13.2 Å². The van der Waals surface area contributed by atoms with Gasteiger partial charge in [-0.1, -0.05) is 109 Å². The molecule has 1 atom stereocenters. The summed E-state index contributed by atoms with van der Waals surface area (Å²) < 4.78 is 5.72. The molecule has 0 fully saturated rings. The highest BCUT2D eigenvalue weighted by Gasteiger charge is 2.31. The van der Waals surface area contributed by atoms with Crippen LogP contribution in [0.5, 0.6) is 0 Å². The van der Waals surface area contributed by atoms with E-state index in [0.717, 1.165) is 27.8 Å². The molecule has 0 heterocycles. The molecule has 0 spiro atoms. The maximum Gasteiger partial charge on any atom is 0.408 e. The van der Waals surface area contributed by atoms with Gasteiger partial charge < -0.3 is 20.1 Å². The molecule has 0 aliphatic heterocycles. The largest absolute Gasteiger partial charge is 0.481 e. The molecule has 0 bridgehead atoms. The van der Waals surface area contributed by atoms with Crippen LogP contribution in [0.2, 0.25) is 0 Å². The first-order valence-corrected chi connectivity index (χ1v) is 13.2. The van der Waals surface area contributed by atoms with Crippen molar-refractivity contribution in [1.82, 2.24) is 10.2 Å². The fourth-order valence-electron chi connectivity index (χ4n) is 5.18. The molecular formula is C33H30N2O5. The number of carboxylic acids is 1. The quantitative estimate of drug-likeness (QED) is 0.269. The monoisotopic (exact) mass is 534 g/mol. The number of hydrogen-bond donors (Lipinski definition) is 2. The highest BCUT2D eigenvalue weighted by molar-refractivity contribution is 5.87. The molecule has 4 aromatic carbocycles. The maximum atomic E-state index is 13.8. The van der Waals surface area contributed by atoms with E-state index in [9.17, 15) is 19.5 Å². The number of hydrogen-bond acceptors (Lipinski definition) is 4. The van der Waals surface area contributed by atoms with Gasteiger partial charge in [0.15, 0.2) is 0 Å². The van der Waals surface area contributed by atoms with Crippen LogP contribution in [0.1, 0.15) is 40.6 Å². The van der Waals surface area contributed by atoms with E-state index in [2.05, 4.69) is 17.4 Å². The van der Waals surface area contributed by atoms with Crippen molar-refractivity contribution in [2.45, 2.75) is 24.9 Å². The number of nitrogens with one attached hydrogen (secondary N) is 1. The summed E-state index contributed by atoms with van der Waals surface area (Å²) in [5, 5.41) is 12.1. The van der Waals surface area contributed by atoms with E-state index in [-0.39, 0.29) is 32.0 Å². The van der Waals surface area contributed by atoms with Crippen LogP contribution in [0.15, 0.2) is 109 Å². The molecule has 0 unspecified atom stereocenters. The van der Waals surface area contributed by atoms with Crippen molar-refractivity contribution in [1.29, 1.82) is 0 Å². The van der Waals surface area contributed by atoms with E-state index in [1.165, 1.54) is 4.90 Å². The van der Waals surface area contributed by atoms with Gasteiger partial charge in [0.25, 0.3) is 0 Å². The molecule has 1 aliphatic rings. The van der Waals surface area contributed by atoms with Gasteiger partial charge in [-0.2, -0.15) is 0 Å². The second kappa shape index (κ2) is 12.3. The molecule has 202 valence electrons. The normalized spacial score (nSPS) is 12.6. The van der Waals surface area contributed by atoms with Gasteiger partial charge in [0, 0.05) is 19.0 Å². The molecule has 0 radical (unpaired) electrons. The summed E-state index contributed by atoms with van der Waals surface area (Å²) in [6.07, 6.45) is -0.938. The number of carbonyl (C=O) groups excluding carboxylic acids is 2. The number of benzene rings is 4. The Balaban J connectivity index is 1.34. The molecule has 0 saturated carbocycles. The summed E-state index contributed by atoms with van der Waals surface area (Å²) in [5.74, 6) is -1.54. The molecule has 7 heteroatoms. The fourth-order valence-corrected chi connectivity index (χ4v) is 5.18. The van der Waals surface area contributed by atoms with Crippen LogP contribution in [0.3, 0.4) is 0 Å². The molecule has 2 amide bonds. The molecule has 5 rings (SSSR count). The summed E-state index contributed by atoms with van der Waals surface area (Å²) in [7, 11) is 0. The number of amides is 2. The zero-order chi connectivity index (χ0) is 27.9. The average Bonchev–Trinajstić information content (AvgIpc) is 3.31. The van der Waals surface area contributed by atoms with Crippen molar-refractivity contribution < 1.29 is 24.2 Å². The first-order valence-electron chi connectivity index (χ1n) is 13.2. The zero-order valence-corrected chi connectivity index (χ0v) is 21.9. The number of carboxylic acid groups (broad SMARTS) is 1. The van der Waals surface area contributed by atoms with Crippen molar-refractivity contribution in [3.63, 3.8) is 0 Å². The molecule has 4 aromatic rings. The van der Waals surface area contributed by atoms with E-state index in [0.29, 0.717) is 5.56 Å². The third-order valence-electron chi connectivity index (χ3n) is 7.11. The van der Waals surface area contributed by atoms with Crippen molar-refractivity contribution >= 4 is 18.0 Å². The highest BCUT2D eigenvalue weighted by atomic mass is 16.5. The van der Waals surface area contributed by atoms with E-state index < -0.39 is 24.0 Å². The minimum absolute atomic E-state index is 0.00123. The van der Waals surface area contributed by atoms with Crippen LogP contribution < -0.4 is 5.32 Å². The maximum absolute atomic E-state index is 13.8. The molecular weight excluding hydrogens is 504 g/mol. The van der Waals surface area contributed by atoms with Gasteiger partial charge in [-0.05, 0) is 33.4 Å². The van der Waals surface area contributed by atoms with Crippen LogP contribution in [0.25, 0.3) is 11.1 Å². The predicted molar refractivity (Wildman–Crippen MR) is 151 cm³/mol. The summed E-state index contributed by atoms with van der Waals surface area (Å²) in [6.45, 7) is 0.323. The molecule has 0 aromatic heterocycles. The lowest BCUT2D eigenvalue weighted by molar-refractivity contribution is -0.139. The topological polar surface area (TPSA) is 95.9 Å². The Morgan fingerprint density at radius 2 is 1.32 bits per heavy atom. The Labute approximate surface area is 233 Å². The van der Waals surface area contributed by atoms with E-state index in [1.807, 2.05) is 72.8 Å². The average molecular weight is 535 g/mol. The van der Waals surface area contributed by atoms with Crippen LogP contribution in [0, 0.1) is 0 Å².